The summed E-state index contributed by atoms with van der Waals surface area (Å²) in [7, 11) is -10.0. The number of rotatable bonds is 75. The van der Waals surface area contributed by atoms with Gasteiger partial charge in [-0.3, -0.25) is 37.3 Å². The third-order valence-corrected chi connectivity index (χ3v) is 18.1. The van der Waals surface area contributed by atoms with E-state index in [1.165, 1.54) is 57.8 Å². The van der Waals surface area contributed by atoms with Crippen LogP contribution in [0.4, 0.5) is 0 Å². The van der Waals surface area contributed by atoms with Gasteiger partial charge in [-0.2, -0.15) is 0 Å². The maximum atomic E-state index is 13.1. The first-order valence-corrected chi connectivity index (χ1v) is 44.3. The zero-order chi connectivity index (χ0) is 80.3. The molecule has 110 heavy (non-hydrogen) atoms. The van der Waals surface area contributed by atoms with E-state index in [4.69, 9.17) is 37.0 Å². The summed E-state index contributed by atoms with van der Waals surface area (Å²) in [6.45, 7) is 4.35. The Morgan fingerprint density at radius 1 is 0.264 bits per heavy atom. The van der Waals surface area contributed by atoms with Gasteiger partial charge in [-0.1, -0.05) is 298 Å². The van der Waals surface area contributed by atoms with Crippen LogP contribution >= 0.6 is 15.6 Å². The van der Waals surface area contributed by atoms with Crippen LogP contribution in [0.3, 0.4) is 0 Å². The smallest absolute Gasteiger partial charge is 0.462 e. The average Bonchev–Trinajstić information content (AvgIpc) is 0.882. The quantitative estimate of drug-likeness (QED) is 0.0169. The molecule has 0 rings (SSSR count). The standard InChI is InChI=1S/C91H144O17P2/c1-5-9-13-17-21-25-29-33-37-40-42-45-49-52-56-60-64-68-72-76-89(94)102-81-86(107-90(95)77-73-69-65-61-57-53-47-36-32-28-24-20-16-12-8-4)83-105-109(97,98)103-79-85(92)80-104-110(99,100)106-84-87(82-101-88(93)75-71-67-63-59-55-51-48-44-39-35-31-27-23-19-15-11-7-3)108-91(96)78-74-70-66-62-58-54-50-46-43-41-38-34-30-26-22-18-14-10-6-2/h9-10,13-14,21-23,25-27,33-39,42-43,45-48,51-52,54,56,58-59,63-64,66,68,70,85-87,92H,5-8,11-12,15-20,24,28-32,40-41,44,49-50,53,55,57,60-62,65,67,69,71-84H2,1-4H3,(H,97,98)(H,99,100)/b13-9-,14-10-,25-21-,26-22-,27-23-,37-33-,38-34-,39-35-,45-42-,46-43-,47-36-,51-48-,56-52-,58-54-,63-59-,68-64-,70-66-/t85-,86-,87-/m1/s1. The number of esters is 4. The van der Waals surface area contributed by atoms with Crippen LogP contribution in [0.2, 0.25) is 0 Å². The van der Waals surface area contributed by atoms with Crippen molar-refractivity contribution in [1.29, 1.82) is 0 Å². The molecule has 0 radical (unpaired) electrons. The SMILES string of the molecule is CC/C=C\C/C=C\C/C=C\C/C=C\C/C=C\C/C=C\CCC(=O)OC[C@H](COP(=O)(O)OC[C@@H](O)COP(=O)(O)OC[C@@H](COC(=O)CCC/C=C\C/C=C\C/C=C\C/C=C\CCCCC)OC(=O)CC/C=C\C/C=C\C/C=C\C/C=C\C/C=C\C/C=C\CC)OC(=O)CCCCCCC/C=C\CCCCCCCC. The number of ether oxygens (including phenoxy) is 4. The normalized spacial score (nSPS) is 14.9. The summed E-state index contributed by atoms with van der Waals surface area (Å²) < 4.78 is 68.5. The highest BCUT2D eigenvalue weighted by Crippen LogP contribution is 2.45. The Hall–Kier alpha value is -6.36. The first-order chi connectivity index (χ1) is 53.7. The van der Waals surface area contributed by atoms with E-state index >= 15 is 0 Å². The van der Waals surface area contributed by atoms with Crippen LogP contribution < -0.4 is 0 Å². The van der Waals surface area contributed by atoms with Gasteiger partial charge in [0, 0.05) is 25.7 Å². The Bertz CT molecular complexity index is 2900. The van der Waals surface area contributed by atoms with Crippen LogP contribution in [0, 0.1) is 0 Å². The molecule has 17 nitrogen and oxygen atoms in total. The van der Waals surface area contributed by atoms with Crippen molar-refractivity contribution < 1.29 is 80.2 Å². The number of carbonyl (C=O) groups excluding carboxylic acids is 4. The molecule has 0 aromatic rings. The molecule has 0 heterocycles. The Labute approximate surface area is 665 Å². The van der Waals surface area contributed by atoms with Crippen LogP contribution in [0.15, 0.2) is 207 Å². The molecule has 0 saturated carbocycles. The molecule has 0 fully saturated rings. The zero-order valence-corrected chi connectivity index (χ0v) is 69.6. The van der Waals surface area contributed by atoms with E-state index in [-0.39, 0.29) is 25.7 Å². The summed E-state index contributed by atoms with van der Waals surface area (Å²) in [6.07, 6.45) is 101. The predicted octanol–water partition coefficient (Wildman–Crippen LogP) is 24.7. The Morgan fingerprint density at radius 2 is 0.500 bits per heavy atom. The summed E-state index contributed by atoms with van der Waals surface area (Å²) in [6, 6.07) is 0. The Balaban J connectivity index is 5.59. The van der Waals surface area contributed by atoms with Crippen molar-refractivity contribution in [2.45, 2.75) is 303 Å². The fourth-order valence-electron chi connectivity index (χ4n) is 10.0. The lowest BCUT2D eigenvalue weighted by molar-refractivity contribution is -0.161. The summed E-state index contributed by atoms with van der Waals surface area (Å²) in [4.78, 5) is 73.1. The second kappa shape index (κ2) is 80.7. The van der Waals surface area contributed by atoms with E-state index in [1.54, 1.807) is 0 Å². The molecule has 620 valence electrons. The molecular formula is C91H144O17P2. The van der Waals surface area contributed by atoms with Crippen molar-refractivity contribution in [2.75, 3.05) is 39.6 Å². The highest BCUT2D eigenvalue weighted by molar-refractivity contribution is 7.47. The first-order valence-electron chi connectivity index (χ1n) is 41.3. The molecule has 0 spiro atoms. The molecule has 0 amide bonds. The molecule has 0 saturated heterocycles. The van der Waals surface area contributed by atoms with Crippen molar-refractivity contribution in [2.24, 2.45) is 0 Å². The number of aliphatic hydroxyl groups excluding tert-OH is 1. The van der Waals surface area contributed by atoms with Gasteiger partial charge < -0.3 is 33.8 Å². The second-order valence-electron chi connectivity index (χ2n) is 26.6. The van der Waals surface area contributed by atoms with Crippen molar-refractivity contribution in [3.05, 3.63) is 207 Å². The Kier molecular flexibility index (Phi) is 76.0. The number of unbranched alkanes of at least 4 members (excludes halogenated alkanes) is 15. The number of phosphoric ester groups is 2. The molecule has 19 heteroatoms. The number of phosphoric acid groups is 2. The van der Waals surface area contributed by atoms with Gasteiger partial charge in [-0.05, 0) is 167 Å². The van der Waals surface area contributed by atoms with Crippen molar-refractivity contribution in [1.82, 2.24) is 0 Å². The van der Waals surface area contributed by atoms with E-state index < -0.39 is 97.5 Å². The minimum atomic E-state index is -5.03. The van der Waals surface area contributed by atoms with E-state index in [1.807, 2.05) is 48.6 Å². The largest absolute Gasteiger partial charge is 0.472 e. The molecule has 0 bridgehead atoms. The van der Waals surface area contributed by atoms with Crippen molar-refractivity contribution >= 4 is 39.5 Å². The number of hydrogen-bond acceptors (Lipinski definition) is 15. The van der Waals surface area contributed by atoms with Gasteiger partial charge >= 0.3 is 39.5 Å². The van der Waals surface area contributed by atoms with Gasteiger partial charge in [-0.25, -0.2) is 9.13 Å². The van der Waals surface area contributed by atoms with Gasteiger partial charge in [0.25, 0.3) is 0 Å². The lowest BCUT2D eigenvalue weighted by atomic mass is 10.1. The topological polar surface area (TPSA) is 237 Å². The highest BCUT2D eigenvalue weighted by atomic mass is 31.2. The van der Waals surface area contributed by atoms with Gasteiger partial charge in [0.2, 0.25) is 0 Å². The van der Waals surface area contributed by atoms with Crippen LogP contribution in [0.1, 0.15) is 285 Å². The van der Waals surface area contributed by atoms with Crippen LogP contribution in [0.25, 0.3) is 0 Å². The third-order valence-electron chi connectivity index (χ3n) is 16.2. The molecule has 3 N–H and O–H groups in total. The molecule has 5 atom stereocenters. The lowest BCUT2D eigenvalue weighted by Crippen LogP contribution is -2.30. The molecular weight excluding hydrogens is 1430 g/mol. The van der Waals surface area contributed by atoms with E-state index in [9.17, 15) is 43.2 Å². The number of aliphatic hydroxyl groups is 1. The van der Waals surface area contributed by atoms with E-state index in [0.717, 1.165) is 128 Å². The van der Waals surface area contributed by atoms with E-state index in [2.05, 4.69) is 186 Å². The molecule has 0 aliphatic heterocycles. The molecule has 0 aromatic heterocycles. The Morgan fingerprint density at radius 3 is 0.855 bits per heavy atom. The lowest BCUT2D eigenvalue weighted by Gasteiger charge is -2.21. The highest BCUT2D eigenvalue weighted by Gasteiger charge is 2.30. The zero-order valence-electron chi connectivity index (χ0n) is 67.8. The van der Waals surface area contributed by atoms with Crippen LogP contribution in [-0.4, -0.2) is 96.7 Å². The summed E-state index contributed by atoms with van der Waals surface area (Å²) >= 11 is 0. The summed E-state index contributed by atoms with van der Waals surface area (Å²) in [5, 5.41) is 10.7. The molecule has 0 aromatic carbocycles. The van der Waals surface area contributed by atoms with Crippen LogP contribution in [0.5, 0.6) is 0 Å². The average molecular weight is 1570 g/mol. The van der Waals surface area contributed by atoms with Crippen LogP contribution in [-0.2, 0) is 65.4 Å². The fourth-order valence-corrected chi connectivity index (χ4v) is 11.6. The second-order valence-corrected chi connectivity index (χ2v) is 29.5. The third kappa shape index (κ3) is 79.7. The van der Waals surface area contributed by atoms with Gasteiger partial charge in [-0.15, -0.1) is 0 Å². The molecule has 0 aliphatic rings. The van der Waals surface area contributed by atoms with Gasteiger partial charge in [0.05, 0.1) is 26.4 Å². The molecule has 0 aliphatic carbocycles. The number of hydrogen-bond donors (Lipinski definition) is 3. The number of allylic oxidation sites excluding steroid dienone is 34. The van der Waals surface area contributed by atoms with E-state index in [0.29, 0.717) is 44.9 Å². The number of carbonyl (C=O) groups is 4. The van der Waals surface area contributed by atoms with Crippen molar-refractivity contribution in [3.8, 4) is 0 Å². The molecule has 2 unspecified atom stereocenters. The van der Waals surface area contributed by atoms with Gasteiger partial charge in [0.1, 0.15) is 19.3 Å². The summed E-state index contributed by atoms with van der Waals surface area (Å²) in [5.41, 5.74) is 0. The predicted molar refractivity (Wildman–Crippen MR) is 454 cm³/mol. The fraction of sp³-hybridized carbons (Fsp3) is 0.582. The monoisotopic (exact) mass is 1570 g/mol. The summed E-state index contributed by atoms with van der Waals surface area (Å²) in [5.74, 6) is -2.47. The van der Waals surface area contributed by atoms with Gasteiger partial charge in [0.15, 0.2) is 12.2 Å². The minimum absolute atomic E-state index is 0.0242. The maximum Gasteiger partial charge on any atom is 0.472 e. The maximum absolute atomic E-state index is 13.1. The first kappa shape index (κ1) is 104. The van der Waals surface area contributed by atoms with Crippen molar-refractivity contribution in [3.63, 3.8) is 0 Å². The minimum Gasteiger partial charge on any atom is -0.462 e.